The molecule has 110 valence electrons. The molecule has 0 spiro atoms. The predicted molar refractivity (Wildman–Crippen MR) is 68.4 cm³/mol. The second-order valence-electron chi connectivity index (χ2n) is 3.91. The van der Waals surface area contributed by atoms with Crippen LogP contribution in [0.5, 0.6) is 0 Å². The minimum atomic E-state index is -4.49. The van der Waals surface area contributed by atoms with E-state index in [1.165, 1.54) is 0 Å². The van der Waals surface area contributed by atoms with Gasteiger partial charge in [0.15, 0.2) is 0 Å². The average Bonchev–Trinajstić information content (AvgIpc) is 2.41. The van der Waals surface area contributed by atoms with E-state index in [4.69, 9.17) is 5.11 Å². The van der Waals surface area contributed by atoms with E-state index in [2.05, 4.69) is 4.98 Å². The van der Waals surface area contributed by atoms with Crippen molar-refractivity contribution in [3.8, 4) is 0 Å². The highest BCUT2D eigenvalue weighted by atomic mass is 32.2. The number of nitrogens with one attached hydrogen (secondary N) is 1. The first-order chi connectivity index (χ1) is 9.81. The van der Waals surface area contributed by atoms with Crippen molar-refractivity contribution in [3.05, 3.63) is 53.9 Å². The van der Waals surface area contributed by atoms with Gasteiger partial charge in [-0.15, -0.1) is 0 Å². The zero-order valence-electron chi connectivity index (χ0n) is 10.2. The number of sulfonamides is 1. The topological polar surface area (TPSA) is 96.4 Å². The van der Waals surface area contributed by atoms with Gasteiger partial charge < -0.3 is 5.11 Å². The van der Waals surface area contributed by atoms with Crippen LogP contribution < -0.4 is 4.72 Å². The highest BCUT2D eigenvalue weighted by Gasteiger charge is 2.22. The molecular weight excluding hydrogens is 306 g/mol. The molecule has 0 aliphatic carbocycles. The normalized spacial score (nSPS) is 11.1. The van der Waals surface area contributed by atoms with E-state index in [0.29, 0.717) is 12.1 Å². The Kier molecular flexibility index (Phi) is 3.85. The third kappa shape index (κ3) is 3.14. The molecule has 0 saturated carbocycles. The number of rotatable bonds is 4. The maximum atomic E-state index is 13.5. The Balaban J connectivity index is 2.48. The van der Waals surface area contributed by atoms with Gasteiger partial charge in [0.2, 0.25) is 0 Å². The van der Waals surface area contributed by atoms with Crippen LogP contribution in [0, 0.1) is 11.6 Å². The quantitative estimate of drug-likeness (QED) is 0.898. The van der Waals surface area contributed by atoms with Crippen LogP contribution in [0.25, 0.3) is 0 Å². The fourth-order valence-corrected chi connectivity index (χ4v) is 2.70. The van der Waals surface area contributed by atoms with Gasteiger partial charge in [-0.1, -0.05) is 0 Å². The summed E-state index contributed by atoms with van der Waals surface area (Å²) in [7, 11) is -4.49. The SMILES string of the molecule is O=C(O)c1ccncc1NS(=O)(=O)c1cc(F)ccc1F. The summed E-state index contributed by atoms with van der Waals surface area (Å²) in [6, 6.07) is 2.99. The predicted octanol–water partition coefficient (Wildman–Crippen LogP) is 1.86. The molecule has 0 bridgehead atoms. The summed E-state index contributed by atoms with van der Waals surface area (Å²) >= 11 is 0. The van der Waals surface area contributed by atoms with Gasteiger partial charge in [-0.05, 0) is 24.3 Å². The van der Waals surface area contributed by atoms with Crippen LogP contribution in [0.1, 0.15) is 10.4 Å². The van der Waals surface area contributed by atoms with E-state index in [-0.39, 0.29) is 11.3 Å². The van der Waals surface area contributed by atoms with Gasteiger partial charge in [0.05, 0.1) is 17.4 Å². The lowest BCUT2D eigenvalue weighted by atomic mass is 10.2. The number of benzene rings is 1. The lowest BCUT2D eigenvalue weighted by Crippen LogP contribution is -2.17. The molecule has 2 aromatic rings. The number of nitrogens with zero attached hydrogens (tertiary/aromatic N) is 1. The molecule has 2 rings (SSSR count). The average molecular weight is 314 g/mol. The maximum Gasteiger partial charge on any atom is 0.337 e. The van der Waals surface area contributed by atoms with Gasteiger partial charge in [-0.3, -0.25) is 9.71 Å². The summed E-state index contributed by atoms with van der Waals surface area (Å²) in [5, 5.41) is 8.94. The first kappa shape index (κ1) is 14.9. The first-order valence-corrected chi connectivity index (χ1v) is 6.95. The summed E-state index contributed by atoms with van der Waals surface area (Å²) in [6.07, 6.45) is 2.11. The third-order valence-corrected chi connectivity index (χ3v) is 3.86. The lowest BCUT2D eigenvalue weighted by molar-refractivity contribution is 0.0698. The number of carboxylic acids is 1. The highest BCUT2D eigenvalue weighted by molar-refractivity contribution is 7.92. The molecule has 6 nitrogen and oxygen atoms in total. The number of halogens is 2. The van der Waals surface area contributed by atoms with E-state index in [9.17, 15) is 22.0 Å². The Labute approximate surface area is 118 Å². The van der Waals surface area contributed by atoms with Gasteiger partial charge in [0.1, 0.15) is 16.5 Å². The standard InChI is InChI=1S/C12H8F2N2O4S/c13-7-1-2-9(14)11(5-7)21(19,20)16-10-6-15-4-3-8(10)12(17)18/h1-6,16H,(H,17,18). The maximum absolute atomic E-state index is 13.5. The van der Waals surface area contributed by atoms with Crippen LogP contribution in [-0.2, 0) is 10.0 Å². The number of hydrogen-bond acceptors (Lipinski definition) is 4. The number of carboxylic acid groups (broad SMARTS) is 1. The number of pyridine rings is 1. The molecule has 1 aromatic heterocycles. The monoisotopic (exact) mass is 314 g/mol. The molecule has 1 heterocycles. The number of carbonyl (C=O) groups is 1. The molecule has 0 radical (unpaired) electrons. The van der Waals surface area contributed by atoms with Gasteiger partial charge in [0, 0.05) is 6.20 Å². The van der Waals surface area contributed by atoms with E-state index in [1.807, 2.05) is 4.72 Å². The highest BCUT2D eigenvalue weighted by Crippen LogP contribution is 2.21. The fraction of sp³-hybridized carbons (Fsp3) is 0. The van der Waals surface area contributed by atoms with Gasteiger partial charge in [-0.2, -0.15) is 0 Å². The van der Waals surface area contributed by atoms with Crippen molar-refractivity contribution in [1.29, 1.82) is 0 Å². The minimum absolute atomic E-state index is 0.353. The van der Waals surface area contributed by atoms with Crippen molar-refractivity contribution < 1.29 is 27.1 Å². The summed E-state index contributed by atoms with van der Waals surface area (Å²) in [4.78, 5) is 13.6. The van der Waals surface area contributed by atoms with Crippen molar-refractivity contribution in [2.24, 2.45) is 0 Å². The number of aromatic carboxylic acids is 1. The molecule has 0 atom stereocenters. The molecule has 0 aliphatic rings. The second-order valence-corrected chi connectivity index (χ2v) is 5.56. The summed E-state index contributed by atoms with van der Waals surface area (Å²) in [6.45, 7) is 0. The molecular formula is C12H8F2N2O4S. The molecule has 1 aromatic carbocycles. The van der Waals surface area contributed by atoms with Crippen molar-refractivity contribution in [2.75, 3.05) is 4.72 Å². The molecule has 0 amide bonds. The molecule has 0 saturated heterocycles. The zero-order valence-corrected chi connectivity index (χ0v) is 11.1. The zero-order chi connectivity index (χ0) is 15.6. The van der Waals surface area contributed by atoms with Crippen molar-refractivity contribution in [2.45, 2.75) is 4.90 Å². The Morgan fingerprint density at radius 2 is 1.95 bits per heavy atom. The minimum Gasteiger partial charge on any atom is -0.478 e. The van der Waals surface area contributed by atoms with Crippen LogP contribution in [-0.4, -0.2) is 24.5 Å². The van der Waals surface area contributed by atoms with E-state index in [1.54, 1.807) is 0 Å². The third-order valence-electron chi connectivity index (χ3n) is 2.48. The number of hydrogen-bond donors (Lipinski definition) is 2. The molecule has 0 fully saturated rings. The Morgan fingerprint density at radius 1 is 1.24 bits per heavy atom. The first-order valence-electron chi connectivity index (χ1n) is 5.46. The van der Waals surface area contributed by atoms with Crippen molar-refractivity contribution in [1.82, 2.24) is 4.98 Å². The van der Waals surface area contributed by atoms with Crippen LogP contribution in [0.2, 0.25) is 0 Å². The smallest absolute Gasteiger partial charge is 0.337 e. The van der Waals surface area contributed by atoms with Crippen LogP contribution in [0.4, 0.5) is 14.5 Å². The summed E-state index contributed by atoms with van der Waals surface area (Å²) < 4.78 is 52.5. The van der Waals surface area contributed by atoms with Crippen LogP contribution >= 0.6 is 0 Å². The second kappa shape index (κ2) is 5.44. The summed E-state index contributed by atoms with van der Waals surface area (Å²) in [5.41, 5.74) is -0.723. The van der Waals surface area contributed by atoms with Crippen molar-refractivity contribution in [3.63, 3.8) is 0 Å². The lowest BCUT2D eigenvalue weighted by Gasteiger charge is -2.10. The van der Waals surface area contributed by atoms with Crippen LogP contribution in [0.3, 0.4) is 0 Å². The van der Waals surface area contributed by atoms with Gasteiger partial charge in [0.25, 0.3) is 10.0 Å². The van der Waals surface area contributed by atoms with Gasteiger partial charge >= 0.3 is 5.97 Å². The van der Waals surface area contributed by atoms with Crippen molar-refractivity contribution >= 4 is 21.7 Å². The Morgan fingerprint density at radius 3 is 2.62 bits per heavy atom. The number of anilines is 1. The molecule has 9 heteroatoms. The fourth-order valence-electron chi connectivity index (χ4n) is 1.55. The van der Waals surface area contributed by atoms with E-state index < -0.39 is 32.5 Å². The Hall–Kier alpha value is -2.55. The van der Waals surface area contributed by atoms with Gasteiger partial charge in [-0.25, -0.2) is 22.0 Å². The van der Waals surface area contributed by atoms with Crippen LogP contribution in [0.15, 0.2) is 41.6 Å². The molecule has 21 heavy (non-hydrogen) atoms. The van der Waals surface area contributed by atoms with E-state index >= 15 is 0 Å². The Bertz CT molecular complexity index is 809. The largest absolute Gasteiger partial charge is 0.478 e. The summed E-state index contributed by atoms with van der Waals surface area (Å²) in [5.74, 6) is -3.50. The molecule has 2 N–H and O–H groups in total. The number of aromatic nitrogens is 1. The molecule has 0 unspecified atom stereocenters. The molecule has 0 aliphatic heterocycles. The van der Waals surface area contributed by atoms with E-state index in [0.717, 1.165) is 24.5 Å².